The highest BCUT2D eigenvalue weighted by Gasteiger charge is 2.43. The smallest absolute Gasteiger partial charge is 0.410 e. The van der Waals surface area contributed by atoms with Crippen LogP contribution in [0, 0.1) is 11.8 Å². The molecular formula is C48H80N8O16. The standard InChI is InChI=1S/C48H80N8O16/c1-16-17-29(38(62)43(67)49-24-33(58)59)51-41(65)32-25-55(45(69)72-48(13,14)15)22-23-56(32)44(68)37(27(4)5)54-42(66)36(26(2)3)53-40(64)31(19-21-35(61)71-47(10,11)12)52-39(63)30(50-28(6)57)18-20-34(60)70-46(7,8)9/h26-27,29-32,36-37H,16-25H2,1-15H3,(H,49,67)(H,50,57)(H,51,65)(H,52,63)(H,53,64)(H,54,66)(H,58,59). The first-order chi connectivity index (χ1) is 33.0. The maximum absolute atomic E-state index is 14.7. The minimum Gasteiger partial charge on any atom is -0.480 e. The third kappa shape index (κ3) is 23.2. The number of amides is 8. The average molecular weight is 1030 g/mol. The molecule has 24 heteroatoms. The number of Topliss-reactive ketones (excluding diaryl/α,β-unsaturated/α-hetero) is 1. The van der Waals surface area contributed by atoms with Crippen molar-refractivity contribution in [2.24, 2.45) is 11.8 Å². The Morgan fingerprint density at radius 1 is 0.597 bits per heavy atom. The monoisotopic (exact) mass is 1020 g/mol. The van der Waals surface area contributed by atoms with E-state index in [1.54, 1.807) is 96.9 Å². The molecule has 0 aromatic carbocycles. The van der Waals surface area contributed by atoms with Gasteiger partial charge in [0.25, 0.3) is 5.91 Å². The minimum absolute atomic E-state index is 0.0516. The van der Waals surface area contributed by atoms with E-state index in [2.05, 4.69) is 26.6 Å². The molecule has 0 bridgehead atoms. The fourth-order valence-corrected chi connectivity index (χ4v) is 7.08. The van der Waals surface area contributed by atoms with Gasteiger partial charge < -0.3 is 61.0 Å². The number of ketones is 1. The molecule has 0 aliphatic carbocycles. The molecule has 8 amide bonds. The van der Waals surface area contributed by atoms with Crippen molar-refractivity contribution in [1.29, 1.82) is 0 Å². The Hall–Kier alpha value is -6.36. The Morgan fingerprint density at radius 3 is 1.51 bits per heavy atom. The van der Waals surface area contributed by atoms with Gasteiger partial charge in [-0.05, 0) is 93.4 Å². The summed E-state index contributed by atoms with van der Waals surface area (Å²) in [5.41, 5.74) is -2.67. The molecule has 6 unspecified atom stereocenters. The fourth-order valence-electron chi connectivity index (χ4n) is 7.08. The van der Waals surface area contributed by atoms with E-state index in [4.69, 9.17) is 19.3 Å². The number of hydrogen-bond donors (Lipinski definition) is 7. The second-order valence-corrected chi connectivity index (χ2v) is 21.3. The number of rotatable bonds is 24. The molecule has 6 atom stereocenters. The molecule has 1 aliphatic heterocycles. The zero-order valence-electron chi connectivity index (χ0n) is 44.7. The molecule has 0 radical (unpaired) electrons. The van der Waals surface area contributed by atoms with Crippen molar-refractivity contribution < 1.29 is 76.9 Å². The van der Waals surface area contributed by atoms with Gasteiger partial charge >= 0.3 is 24.0 Å². The topological polar surface area (TPSA) is 331 Å². The van der Waals surface area contributed by atoms with Crippen LogP contribution in [0.2, 0.25) is 0 Å². The number of carbonyl (C=O) groups excluding carboxylic acids is 11. The third-order valence-corrected chi connectivity index (χ3v) is 10.4. The van der Waals surface area contributed by atoms with Crippen molar-refractivity contribution in [3.63, 3.8) is 0 Å². The van der Waals surface area contributed by atoms with Gasteiger partial charge in [-0.2, -0.15) is 0 Å². The molecule has 0 saturated carbocycles. The number of carbonyl (C=O) groups is 12. The lowest BCUT2D eigenvalue weighted by atomic mass is 9.97. The zero-order valence-corrected chi connectivity index (χ0v) is 44.7. The Morgan fingerprint density at radius 2 is 1.07 bits per heavy atom. The zero-order chi connectivity index (χ0) is 55.6. The van der Waals surface area contributed by atoms with Crippen LogP contribution in [0.3, 0.4) is 0 Å². The van der Waals surface area contributed by atoms with Crippen LogP contribution in [0.15, 0.2) is 0 Å². The predicted molar refractivity (Wildman–Crippen MR) is 259 cm³/mol. The number of esters is 2. The number of nitrogens with one attached hydrogen (secondary N) is 6. The van der Waals surface area contributed by atoms with Crippen molar-refractivity contribution in [2.75, 3.05) is 26.2 Å². The van der Waals surface area contributed by atoms with Crippen molar-refractivity contribution >= 4 is 71.1 Å². The summed E-state index contributed by atoms with van der Waals surface area (Å²) in [4.78, 5) is 161. The van der Waals surface area contributed by atoms with Crippen LogP contribution in [-0.4, -0.2) is 165 Å². The molecule has 7 N–H and O–H groups in total. The van der Waals surface area contributed by atoms with Crippen LogP contribution in [0.4, 0.5) is 4.79 Å². The molecule has 1 heterocycles. The van der Waals surface area contributed by atoms with E-state index >= 15 is 0 Å². The van der Waals surface area contributed by atoms with E-state index < -0.39 is 149 Å². The van der Waals surface area contributed by atoms with Crippen molar-refractivity contribution in [3.8, 4) is 0 Å². The predicted octanol–water partition coefficient (Wildman–Crippen LogP) is 1.00. The summed E-state index contributed by atoms with van der Waals surface area (Å²) >= 11 is 0. The highest BCUT2D eigenvalue weighted by Crippen LogP contribution is 2.20. The van der Waals surface area contributed by atoms with Crippen molar-refractivity contribution in [1.82, 2.24) is 41.7 Å². The quantitative estimate of drug-likeness (QED) is 0.0403. The number of hydrogen-bond acceptors (Lipinski definition) is 15. The first-order valence-electron chi connectivity index (χ1n) is 24.2. The van der Waals surface area contributed by atoms with Crippen LogP contribution < -0.4 is 31.9 Å². The first kappa shape index (κ1) is 63.7. The summed E-state index contributed by atoms with van der Waals surface area (Å²) in [5, 5.41) is 23.8. The minimum atomic E-state index is -1.51. The largest absolute Gasteiger partial charge is 0.480 e. The lowest BCUT2D eigenvalue weighted by Gasteiger charge is -2.42. The van der Waals surface area contributed by atoms with E-state index in [0.29, 0.717) is 6.42 Å². The molecule has 1 fully saturated rings. The highest BCUT2D eigenvalue weighted by molar-refractivity contribution is 6.38. The van der Waals surface area contributed by atoms with Crippen LogP contribution in [0.5, 0.6) is 0 Å². The molecule has 0 aromatic rings. The normalized spacial score (nSPS) is 16.2. The van der Waals surface area contributed by atoms with Crippen LogP contribution >= 0.6 is 0 Å². The third-order valence-electron chi connectivity index (χ3n) is 10.4. The van der Waals surface area contributed by atoms with Gasteiger partial charge in [-0.1, -0.05) is 41.0 Å². The first-order valence-corrected chi connectivity index (χ1v) is 24.2. The highest BCUT2D eigenvalue weighted by atomic mass is 16.6. The SMILES string of the molecule is CCCC(NC(=O)C1CN(C(=O)OC(C)(C)C)CCN1C(=O)C(NC(=O)C(NC(=O)C(CCC(=O)OC(C)(C)C)NC(=O)C(CCC(=O)OC(C)(C)C)NC(C)=O)C(C)C)C(C)C)C(=O)C(=O)NCC(=O)O. The van der Waals surface area contributed by atoms with E-state index in [-0.39, 0.29) is 45.2 Å². The Labute approximate surface area is 422 Å². The molecule has 0 spiro atoms. The lowest BCUT2D eigenvalue weighted by molar-refractivity contribution is -0.156. The van der Waals surface area contributed by atoms with Gasteiger partial charge in [0.1, 0.15) is 53.6 Å². The molecule has 1 aliphatic rings. The number of piperazine rings is 1. The summed E-state index contributed by atoms with van der Waals surface area (Å²) in [6.45, 7) is 22.4. The second kappa shape index (κ2) is 28.0. The number of ether oxygens (including phenoxy) is 3. The summed E-state index contributed by atoms with van der Waals surface area (Å²) in [6.07, 6.45) is -1.77. The van der Waals surface area contributed by atoms with E-state index in [1.165, 1.54) is 4.90 Å². The summed E-state index contributed by atoms with van der Waals surface area (Å²) in [7, 11) is 0. The Kier molecular flexibility index (Phi) is 24.8. The number of carboxylic acids is 1. The second-order valence-electron chi connectivity index (χ2n) is 21.3. The molecule has 1 saturated heterocycles. The molecule has 1 rings (SSSR count). The average Bonchev–Trinajstić information content (AvgIpc) is 3.23. The van der Waals surface area contributed by atoms with Crippen LogP contribution in [-0.2, 0) is 67.0 Å². The van der Waals surface area contributed by atoms with E-state index in [1.807, 2.05) is 5.32 Å². The van der Waals surface area contributed by atoms with Gasteiger partial charge in [0, 0.05) is 32.9 Å². The molecular weight excluding hydrogens is 945 g/mol. The number of aliphatic carboxylic acids is 1. The maximum atomic E-state index is 14.7. The van der Waals surface area contributed by atoms with Gasteiger partial charge in [-0.25, -0.2) is 4.79 Å². The number of nitrogens with zero attached hydrogens (tertiary/aromatic N) is 2. The summed E-state index contributed by atoms with van der Waals surface area (Å²) in [6, 6.07) is -8.56. The van der Waals surface area contributed by atoms with E-state index in [9.17, 15) is 57.5 Å². The number of carboxylic acid groups (broad SMARTS) is 1. The Balaban J connectivity index is 3.62. The lowest BCUT2D eigenvalue weighted by Crippen LogP contribution is -2.67. The van der Waals surface area contributed by atoms with Crippen LogP contribution in [0.1, 0.15) is 142 Å². The van der Waals surface area contributed by atoms with Crippen molar-refractivity contribution in [3.05, 3.63) is 0 Å². The summed E-state index contributed by atoms with van der Waals surface area (Å²) in [5.74, 6) is -11.5. The fraction of sp³-hybridized carbons (Fsp3) is 0.750. The van der Waals surface area contributed by atoms with Gasteiger partial charge in [0.2, 0.25) is 41.2 Å². The van der Waals surface area contributed by atoms with Crippen molar-refractivity contribution in [2.45, 2.75) is 195 Å². The molecule has 72 heavy (non-hydrogen) atoms. The van der Waals surface area contributed by atoms with Gasteiger partial charge in [0.05, 0.1) is 12.6 Å². The molecule has 24 nitrogen and oxygen atoms in total. The van der Waals surface area contributed by atoms with Crippen LogP contribution in [0.25, 0.3) is 0 Å². The van der Waals surface area contributed by atoms with Gasteiger partial charge in [-0.3, -0.25) is 52.7 Å². The van der Waals surface area contributed by atoms with Gasteiger partial charge in [-0.15, -0.1) is 0 Å². The van der Waals surface area contributed by atoms with Gasteiger partial charge in [0.15, 0.2) is 0 Å². The summed E-state index contributed by atoms with van der Waals surface area (Å²) < 4.78 is 16.3. The van der Waals surface area contributed by atoms with E-state index in [0.717, 1.165) is 11.8 Å². The Bertz CT molecular complexity index is 1990. The maximum Gasteiger partial charge on any atom is 0.410 e. The molecule has 408 valence electrons. The molecule has 0 aromatic heterocycles.